The molecule has 3 heterocycles. The number of piperidine rings is 1. The Morgan fingerprint density at radius 1 is 1.00 bits per heavy atom. The predicted octanol–water partition coefficient (Wildman–Crippen LogP) is 2.76. The number of ether oxygens (including phenoxy) is 2. The van der Waals surface area contributed by atoms with E-state index in [1.165, 1.54) is 4.90 Å². The third-order valence-corrected chi connectivity index (χ3v) is 5.66. The first kappa shape index (κ1) is 21.9. The summed E-state index contributed by atoms with van der Waals surface area (Å²) in [5.74, 6) is 0.331. The van der Waals surface area contributed by atoms with Crippen LogP contribution >= 0.6 is 0 Å². The van der Waals surface area contributed by atoms with Gasteiger partial charge in [0.2, 0.25) is 5.91 Å². The molecule has 0 aliphatic carbocycles. The van der Waals surface area contributed by atoms with Gasteiger partial charge in [0.25, 0.3) is 5.56 Å². The molecular formula is C22H21F3N2O5. The van der Waals surface area contributed by atoms with Crippen molar-refractivity contribution in [3.8, 4) is 11.5 Å². The molecule has 170 valence electrons. The van der Waals surface area contributed by atoms with Crippen LogP contribution in [0.25, 0.3) is 0 Å². The van der Waals surface area contributed by atoms with E-state index in [1.54, 1.807) is 18.2 Å². The molecule has 1 aromatic carbocycles. The lowest BCUT2D eigenvalue weighted by molar-refractivity contribution is -0.139. The maximum Gasteiger partial charge on any atom is 0.417 e. The molecule has 2 aliphatic heterocycles. The molecule has 1 amide bonds. The van der Waals surface area contributed by atoms with Gasteiger partial charge in [-0.25, -0.2) is 0 Å². The maximum atomic E-state index is 12.9. The van der Waals surface area contributed by atoms with Crippen molar-refractivity contribution in [3.05, 3.63) is 58.0 Å². The molecule has 1 saturated heterocycles. The van der Waals surface area contributed by atoms with Gasteiger partial charge in [-0.3, -0.25) is 14.4 Å². The second kappa shape index (κ2) is 8.68. The SMILES string of the molecule is O=C(c1ccc2c(c1)OCCO2)C1CCN(C(=O)Cn2cc(C(F)(F)F)ccc2=O)CC1. The molecule has 7 nitrogen and oxygen atoms in total. The highest BCUT2D eigenvalue weighted by Gasteiger charge is 2.32. The molecular weight excluding hydrogens is 429 g/mol. The number of benzene rings is 1. The molecule has 0 bridgehead atoms. The van der Waals surface area contributed by atoms with Crippen LogP contribution in [0.15, 0.2) is 41.3 Å². The average molecular weight is 450 g/mol. The summed E-state index contributed by atoms with van der Waals surface area (Å²) < 4.78 is 50.4. The zero-order valence-corrected chi connectivity index (χ0v) is 17.1. The summed E-state index contributed by atoms with van der Waals surface area (Å²) in [6, 6.07) is 6.54. The van der Waals surface area contributed by atoms with E-state index in [4.69, 9.17) is 9.47 Å². The minimum absolute atomic E-state index is 0.0526. The topological polar surface area (TPSA) is 77.8 Å². The van der Waals surface area contributed by atoms with E-state index in [9.17, 15) is 27.6 Å². The minimum atomic E-state index is -4.61. The smallest absolute Gasteiger partial charge is 0.417 e. The zero-order chi connectivity index (χ0) is 22.9. The molecule has 1 fully saturated rings. The molecule has 0 atom stereocenters. The van der Waals surface area contributed by atoms with Crippen LogP contribution in [0, 0.1) is 5.92 Å². The molecule has 1 aromatic heterocycles. The Balaban J connectivity index is 1.37. The Hall–Kier alpha value is -3.30. The van der Waals surface area contributed by atoms with Crippen LogP contribution in [0.3, 0.4) is 0 Å². The quantitative estimate of drug-likeness (QED) is 0.670. The first-order chi connectivity index (χ1) is 15.2. The van der Waals surface area contributed by atoms with E-state index >= 15 is 0 Å². The zero-order valence-electron chi connectivity index (χ0n) is 17.1. The standard InChI is InChI=1S/C22H21F3N2O5/c23-22(24,25)16-2-4-19(28)27(12-16)13-20(29)26-7-5-14(6-8-26)21(30)15-1-3-17-18(11-15)32-10-9-31-17/h1-4,11-12,14H,5-10,13H2. The van der Waals surface area contributed by atoms with Gasteiger partial charge in [0.05, 0.1) is 5.56 Å². The van der Waals surface area contributed by atoms with Crippen LogP contribution in [0.5, 0.6) is 11.5 Å². The number of halogens is 3. The molecule has 0 unspecified atom stereocenters. The fourth-order valence-corrected chi connectivity index (χ4v) is 3.89. The highest BCUT2D eigenvalue weighted by Crippen LogP contribution is 2.33. The van der Waals surface area contributed by atoms with E-state index in [-0.39, 0.29) is 24.8 Å². The first-order valence-electron chi connectivity index (χ1n) is 10.2. The third kappa shape index (κ3) is 4.63. The molecule has 0 N–H and O–H groups in total. The van der Waals surface area contributed by atoms with Gasteiger partial charge in [0.15, 0.2) is 17.3 Å². The van der Waals surface area contributed by atoms with Gasteiger partial charge in [-0.15, -0.1) is 0 Å². The molecule has 2 aliphatic rings. The predicted molar refractivity (Wildman–Crippen MR) is 107 cm³/mol. The van der Waals surface area contributed by atoms with Crippen molar-refractivity contribution < 1.29 is 32.2 Å². The molecule has 2 aromatic rings. The fourth-order valence-electron chi connectivity index (χ4n) is 3.89. The summed E-state index contributed by atoms with van der Waals surface area (Å²) in [6.45, 7) is 0.962. The monoisotopic (exact) mass is 450 g/mol. The van der Waals surface area contributed by atoms with Crippen LogP contribution in [0.2, 0.25) is 0 Å². The summed E-state index contributed by atoms with van der Waals surface area (Å²) in [6.07, 6.45) is -3.10. The Labute approximate surface area is 181 Å². The number of hydrogen-bond donors (Lipinski definition) is 0. The number of carbonyl (C=O) groups excluding carboxylic acids is 2. The number of fused-ring (bicyclic) bond motifs is 1. The number of Topliss-reactive ketones (excluding diaryl/α,β-unsaturated/α-hetero) is 1. The average Bonchev–Trinajstić information content (AvgIpc) is 2.79. The number of likely N-dealkylation sites (tertiary alicyclic amines) is 1. The number of ketones is 1. The van der Waals surface area contributed by atoms with Gasteiger partial charge in [0.1, 0.15) is 19.8 Å². The van der Waals surface area contributed by atoms with Crippen molar-refractivity contribution in [1.29, 1.82) is 0 Å². The Kier molecular flexibility index (Phi) is 5.94. The number of carbonyl (C=O) groups is 2. The van der Waals surface area contributed by atoms with Crippen molar-refractivity contribution in [1.82, 2.24) is 9.47 Å². The number of aromatic nitrogens is 1. The maximum absolute atomic E-state index is 12.9. The molecule has 0 radical (unpaired) electrons. The Morgan fingerprint density at radius 3 is 2.38 bits per heavy atom. The van der Waals surface area contributed by atoms with Crippen molar-refractivity contribution in [2.75, 3.05) is 26.3 Å². The Morgan fingerprint density at radius 2 is 1.69 bits per heavy atom. The van der Waals surface area contributed by atoms with Gasteiger partial charge in [0, 0.05) is 36.8 Å². The lowest BCUT2D eigenvalue weighted by Crippen LogP contribution is -2.42. The Bertz CT molecular complexity index is 1090. The summed E-state index contributed by atoms with van der Waals surface area (Å²) in [5, 5.41) is 0. The van der Waals surface area contributed by atoms with E-state index < -0.39 is 29.8 Å². The number of alkyl halides is 3. The van der Waals surface area contributed by atoms with Crippen LogP contribution in [0.4, 0.5) is 13.2 Å². The number of hydrogen-bond acceptors (Lipinski definition) is 5. The molecule has 0 spiro atoms. The largest absolute Gasteiger partial charge is 0.486 e. The van der Waals surface area contributed by atoms with Gasteiger partial charge in [-0.1, -0.05) is 0 Å². The highest BCUT2D eigenvalue weighted by atomic mass is 19.4. The van der Waals surface area contributed by atoms with E-state index in [2.05, 4.69) is 0 Å². The van der Waals surface area contributed by atoms with Crippen LogP contribution in [-0.4, -0.2) is 47.5 Å². The second-order valence-electron chi connectivity index (χ2n) is 7.76. The first-order valence-corrected chi connectivity index (χ1v) is 10.2. The molecule has 10 heteroatoms. The summed E-state index contributed by atoms with van der Waals surface area (Å²) >= 11 is 0. The van der Waals surface area contributed by atoms with Crippen molar-refractivity contribution in [3.63, 3.8) is 0 Å². The minimum Gasteiger partial charge on any atom is -0.486 e. The normalized spacial score (nSPS) is 16.7. The number of pyridine rings is 1. The van der Waals surface area contributed by atoms with E-state index in [0.717, 1.165) is 10.6 Å². The van der Waals surface area contributed by atoms with Crippen molar-refractivity contribution in [2.45, 2.75) is 25.6 Å². The number of rotatable bonds is 4. The van der Waals surface area contributed by atoms with Gasteiger partial charge in [-0.05, 0) is 37.1 Å². The lowest BCUT2D eigenvalue weighted by atomic mass is 9.88. The van der Waals surface area contributed by atoms with Crippen LogP contribution < -0.4 is 15.0 Å². The van der Waals surface area contributed by atoms with Crippen molar-refractivity contribution >= 4 is 11.7 Å². The number of nitrogens with zero attached hydrogens (tertiary/aromatic N) is 2. The van der Waals surface area contributed by atoms with Gasteiger partial charge in [-0.2, -0.15) is 13.2 Å². The lowest BCUT2D eigenvalue weighted by Gasteiger charge is -2.31. The van der Waals surface area contributed by atoms with Crippen LogP contribution in [-0.2, 0) is 17.5 Å². The summed E-state index contributed by atoms with van der Waals surface area (Å²) in [4.78, 5) is 38.8. The van der Waals surface area contributed by atoms with E-state index in [0.29, 0.717) is 55.4 Å². The van der Waals surface area contributed by atoms with E-state index in [1.807, 2.05) is 0 Å². The summed E-state index contributed by atoms with van der Waals surface area (Å²) in [7, 11) is 0. The van der Waals surface area contributed by atoms with Gasteiger partial charge < -0.3 is 18.9 Å². The van der Waals surface area contributed by atoms with Crippen LogP contribution in [0.1, 0.15) is 28.8 Å². The molecule has 0 saturated carbocycles. The number of amides is 1. The molecule has 32 heavy (non-hydrogen) atoms. The van der Waals surface area contributed by atoms with Gasteiger partial charge >= 0.3 is 6.18 Å². The fraction of sp³-hybridized carbons (Fsp3) is 0.409. The third-order valence-electron chi connectivity index (χ3n) is 5.66. The van der Waals surface area contributed by atoms with Crippen molar-refractivity contribution in [2.24, 2.45) is 5.92 Å². The highest BCUT2D eigenvalue weighted by molar-refractivity contribution is 5.98. The molecule has 4 rings (SSSR count). The second-order valence-corrected chi connectivity index (χ2v) is 7.76. The summed E-state index contributed by atoms with van der Waals surface area (Å²) in [5.41, 5.74) is -1.17.